The second-order valence-electron chi connectivity index (χ2n) is 6.93. The van der Waals surface area contributed by atoms with Gasteiger partial charge < -0.3 is 5.73 Å². The quantitative estimate of drug-likeness (QED) is 0.712. The van der Waals surface area contributed by atoms with Gasteiger partial charge in [-0.05, 0) is 36.0 Å². The fourth-order valence-electron chi connectivity index (χ4n) is 2.92. The molecular formula is C21H27N3O2. The average Bonchev–Trinajstić information content (AvgIpc) is 2.59. The van der Waals surface area contributed by atoms with Crippen molar-refractivity contribution in [1.29, 1.82) is 0 Å². The molecule has 0 bridgehead atoms. The molecule has 2 atom stereocenters. The molecule has 26 heavy (non-hydrogen) atoms. The number of amides is 3. The maximum absolute atomic E-state index is 12.4. The smallest absolute Gasteiger partial charge is 0.318 e. The zero-order chi connectivity index (χ0) is 19.1. The molecule has 0 aliphatic heterocycles. The first kappa shape index (κ1) is 19.7. The predicted molar refractivity (Wildman–Crippen MR) is 103 cm³/mol. The first-order valence-electron chi connectivity index (χ1n) is 8.87. The average molecular weight is 353 g/mol. The SMILES string of the molecule is CC(C)Cc1ccc([C@H](C)N[C@H](C(=O)NC(N)=O)c2ccccc2)cc1. The number of rotatable bonds is 7. The van der Waals surface area contributed by atoms with Gasteiger partial charge in [0.25, 0.3) is 0 Å². The Morgan fingerprint density at radius 2 is 1.54 bits per heavy atom. The number of hydrogen-bond donors (Lipinski definition) is 3. The van der Waals surface area contributed by atoms with E-state index in [0.29, 0.717) is 5.92 Å². The highest BCUT2D eigenvalue weighted by Gasteiger charge is 2.23. The number of urea groups is 1. The van der Waals surface area contributed by atoms with Crippen LogP contribution in [0.1, 0.15) is 49.5 Å². The van der Waals surface area contributed by atoms with Crippen LogP contribution >= 0.6 is 0 Å². The third-order valence-corrected chi connectivity index (χ3v) is 4.18. The zero-order valence-electron chi connectivity index (χ0n) is 15.5. The van der Waals surface area contributed by atoms with Crippen LogP contribution in [-0.4, -0.2) is 11.9 Å². The molecule has 0 aliphatic carbocycles. The molecule has 0 heterocycles. The third kappa shape index (κ3) is 5.70. The fourth-order valence-corrected chi connectivity index (χ4v) is 2.92. The Kier molecular flexibility index (Phi) is 6.92. The van der Waals surface area contributed by atoms with Crippen LogP contribution in [0.4, 0.5) is 4.79 Å². The Bertz CT molecular complexity index is 727. The van der Waals surface area contributed by atoms with E-state index < -0.39 is 18.0 Å². The van der Waals surface area contributed by atoms with E-state index in [0.717, 1.165) is 17.5 Å². The summed E-state index contributed by atoms with van der Waals surface area (Å²) in [7, 11) is 0. The summed E-state index contributed by atoms with van der Waals surface area (Å²) in [6.07, 6.45) is 1.04. The molecule has 0 radical (unpaired) electrons. The Morgan fingerprint density at radius 3 is 2.08 bits per heavy atom. The van der Waals surface area contributed by atoms with Gasteiger partial charge in [-0.25, -0.2) is 4.79 Å². The number of nitrogens with two attached hydrogens (primary N) is 1. The second-order valence-corrected chi connectivity index (χ2v) is 6.93. The van der Waals surface area contributed by atoms with Crippen molar-refractivity contribution in [2.45, 2.75) is 39.3 Å². The van der Waals surface area contributed by atoms with Crippen LogP contribution in [0, 0.1) is 5.92 Å². The molecule has 0 saturated carbocycles. The molecule has 5 nitrogen and oxygen atoms in total. The molecule has 0 unspecified atom stereocenters. The topological polar surface area (TPSA) is 84.2 Å². The van der Waals surface area contributed by atoms with E-state index >= 15 is 0 Å². The van der Waals surface area contributed by atoms with E-state index in [1.807, 2.05) is 37.3 Å². The van der Waals surface area contributed by atoms with Crippen molar-refractivity contribution in [1.82, 2.24) is 10.6 Å². The van der Waals surface area contributed by atoms with Gasteiger partial charge in [-0.3, -0.25) is 15.4 Å². The predicted octanol–water partition coefficient (Wildman–Crippen LogP) is 3.47. The van der Waals surface area contributed by atoms with Crippen LogP contribution in [0.15, 0.2) is 54.6 Å². The fraction of sp³-hybridized carbons (Fsp3) is 0.333. The molecule has 4 N–H and O–H groups in total. The Balaban J connectivity index is 2.16. The standard InChI is InChI=1S/C21H27N3O2/c1-14(2)13-16-9-11-17(12-10-16)15(3)23-19(20(25)24-21(22)26)18-7-5-4-6-8-18/h4-12,14-15,19,23H,13H2,1-3H3,(H3,22,24,25,26)/t15-,19-/m0/s1. The number of carbonyl (C=O) groups excluding carboxylic acids is 2. The molecular weight excluding hydrogens is 326 g/mol. The van der Waals surface area contributed by atoms with E-state index in [9.17, 15) is 9.59 Å². The zero-order valence-corrected chi connectivity index (χ0v) is 15.5. The number of primary amides is 1. The van der Waals surface area contributed by atoms with Crippen molar-refractivity contribution >= 4 is 11.9 Å². The van der Waals surface area contributed by atoms with E-state index in [4.69, 9.17) is 5.73 Å². The van der Waals surface area contributed by atoms with Gasteiger partial charge in [-0.1, -0.05) is 68.4 Å². The Morgan fingerprint density at radius 1 is 0.923 bits per heavy atom. The first-order chi connectivity index (χ1) is 12.4. The van der Waals surface area contributed by atoms with Crippen LogP contribution in [0.2, 0.25) is 0 Å². The van der Waals surface area contributed by atoms with Gasteiger partial charge in [0.2, 0.25) is 5.91 Å². The molecule has 5 heteroatoms. The van der Waals surface area contributed by atoms with E-state index in [-0.39, 0.29) is 6.04 Å². The van der Waals surface area contributed by atoms with Gasteiger partial charge in [-0.15, -0.1) is 0 Å². The number of nitrogens with one attached hydrogen (secondary N) is 2. The third-order valence-electron chi connectivity index (χ3n) is 4.18. The van der Waals surface area contributed by atoms with Crippen molar-refractivity contribution < 1.29 is 9.59 Å². The summed E-state index contributed by atoms with van der Waals surface area (Å²) in [6.45, 7) is 6.38. The van der Waals surface area contributed by atoms with Gasteiger partial charge >= 0.3 is 6.03 Å². The van der Waals surface area contributed by atoms with Gasteiger partial charge in [0, 0.05) is 6.04 Å². The lowest BCUT2D eigenvalue weighted by Gasteiger charge is -2.23. The minimum atomic E-state index is -0.858. The van der Waals surface area contributed by atoms with Crippen LogP contribution < -0.4 is 16.4 Å². The van der Waals surface area contributed by atoms with Crippen LogP contribution in [0.3, 0.4) is 0 Å². The van der Waals surface area contributed by atoms with Crippen molar-refractivity contribution in [2.75, 3.05) is 0 Å². The summed E-state index contributed by atoms with van der Waals surface area (Å²) >= 11 is 0. The number of carbonyl (C=O) groups is 2. The lowest BCUT2D eigenvalue weighted by atomic mass is 9.98. The maximum Gasteiger partial charge on any atom is 0.318 e. The summed E-state index contributed by atoms with van der Waals surface area (Å²) in [5.41, 5.74) is 8.25. The summed E-state index contributed by atoms with van der Waals surface area (Å²) in [5, 5.41) is 5.46. The monoisotopic (exact) mass is 353 g/mol. The van der Waals surface area contributed by atoms with Crippen molar-refractivity contribution in [2.24, 2.45) is 11.7 Å². The Hall–Kier alpha value is -2.66. The highest BCUT2D eigenvalue weighted by Crippen LogP contribution is 2.21. The van der Waals surface area contributed by atoms with Crippen molar-refractivity contribution in [3.05, 3.63) is 71.3 Å². The van der Waals surface area contributed by atoms with Gasteiger partial charge in [0.15, 0.2) is 0 Å². The highest BCUT2D eigenvalue weighted by atomic mass is 16.2. The van der Waals surface area contributed by atoms with Gasteiger partial charge in [0.05, 0.1) is 0 Å². The molecule has 2 rings (SSSR count). The summed E-state index contributed by atoms with van der Waals surface area (Å²) < 4.78 is 0. The highest BCUT2D eigenvalue weighted by molar-refractivity contribution is 5.96. The maximum atomic E-state index is 12.4. The molecule has 0 fully saturated rings. The van der Waals surface area contributed by atoms with Crippen molar-refractivity contribution in [3.63, 3.8) is 0 Å². The lowest BCUT2D eigenvalue weighted by molar-refractivity contribution is -0.122. The molecule has 138 valence electrons. The molecule has 0 saturated heterocycles. The number of imide groups is 1. The van der Waals surface area contributed by atoms with Crippen molar-refractivity contribution in [3.8, 4) is 0 Å². The lowest BCUT2D eigenvalue weighted by Crippen LogP contribution is -2.43. The normalized spacial score (nSPS) is 13.2. The van der Waals surface area contributed by atoms with Gasteiger partial charge in [0.1, 0.15) is 6.04 Å². The van der Waals surface area contributed by atoms with E-state index in [1.54, 1.807) is 0 Å². The number of hydrogen-bond acceptors (Lipinski definition) is 3. The Labute approximate surface area is 155 Å². The minimum absolute atomic E-state index is 0.0769. The van der Waals surface area contributed by atoms with Crippen LogP contribution in [0.25, 0.3) is 0 Å². The van der Waals surface area contributed by atoms with Crippen LogP contribution in [-0.2, 0) is 11.2 Å². The first-order valence-corrected chi connectivity index (χ1v) is 8.87. The molecule has 0 spiro atoms. The summed E-state index contributed by atoms with van der Waals surface area (Å²) in [5.74, 6) is 0.142. The minimum Gasteiger partial charge on any atom is -0.351 e. The van der Waals surface area contributed by atoms with Crippen LogP contribution in [0.5, 0.6) is 0 Å². The second kappa shape index (κ2) is 9.15. The number of benzene rings is 2. The largest absolute Gasteiger partial charge is 0.351 e. The van der Waals surface area contributed by atoms with E-state index in [1.165, 1.54) is 5.56 Å². The summed E-state index contributed by atoms with van der Waals surface area (Å²) in [4.78, 5) is 23.5. The molecule has 0 aromatic heterocycles. The molecule has 0 aliphatic rings. The molecule has 2 aromatic carbocycles. The van der Waals surface area contributed by atoms with Gasteiger partial charge in [-0.2, -0.15) is 0 Å². The summed E-state index contributed by atoms with van der Waals surface area (Å²) in [6, 6.07) is 16.1. The van der Waals surface area contributed by atoms with E-state index in [2.05, 4.69) is 48.7 Å². The molecule has 3 amide bonds. The molecule has 2 aromatic rings.